The van der Waals surface area contributed by atoms with Crippen LogP contribution in [-0.4, -0.2) is 38.3 Å². The molecule has 0 bridgehead atoms. The van der Waals surface area contributed by atoms with Crippen molar-refractivity contribution in [1.29, 1.82) is 0 Å². The zero-order valence-electron chi connectivity index (χ0n) is 12.6. The molecule has 0 amide bonds. The smallest absolute Gasteiger partial charge is 0.0629 e. The largest absolute Gasteiger partial charge is 0.376 e. The zero-order valence-corrected chi connectivity index (χ0v) is 12.6. The van der Waals surface area contributed by atoms with E-state index >= 15 is 0 Å². The van der Waals surface area contributed by atoms with Crippen molar-refractivity contribution in [3.8, 4) is 0 Å². The van der Waals surface area contributed by atoms with Crippen molar-refractivity contribution in [3.05, 3.63) is 0 Å². The van der Waals surface area contributed by atoms with Gasteiger partial charge in [-0.1, -0.05) is 41.5 Å². The molecular formula is C14H31NO. The van der Waals surface area contributed by atoms with Crippen molar-refractivity contribution in [2.24, 2.45) is 10.8 Å². The van der Waals surface area contributed by atoms with E-state index in [-0.39, 0.29) is 5.41 Å². The number of hydrogen-bond acceptors (Lipinski definition) is 2. The summed E-state index contributed by atoms with van der Waals surface area (Å²) in [6.07, 6.45) is 1.46. The van der Waals surface area contributed by atoms with E-state index in [1.54, 1.807) is 0 Å². The van der Waals surface area contributed by atoms with Gasteiger partial charge < -0.3 is 9.64 Å². The maximum absolute atomic E-state index is 6.05. The molecule has 0 saturated carbocycles. The predicted molar refractivity (Wildman–Crippen MR) is 71.8 cm³/mol. The van der Waals surface area contributed by atoms with Gasteiger partial charge in [0.25, 0.3) is 0 Å². The molecule has 0 aromatic carbocycles. The molecule has 0 aliphatic carbocycles. The topological polar surface area (TPSA) is 12.5 Å². The molecule has 2 nitrogen and oxygen atoms in total. The van der Waals surface area contributed by atoms with Crippen molar-refractivity contribution < 1.29 is 4.74 Å². The molecule has 0 fully saturated rings. The van der Waals surface area contributed by atoms with Crippen LogP contribution in [0.3, 0.4) is 0 Å². The average Bonchev–Trinajstić information content (AvgIpc) is 1.97. The summed E-state index contributed by atoms with van der Waals surface area (Å²) in [5.41, 5.74) is 0.551. The monoisotopic (exact) mass is 229 g/mol. The third kappa shape index (κ3) is 8.12. The second-order valence-corrected chi connectivity index (χ2v) is 7.29. The van der Waals surface area contributed by atoms with Crippen LogP contribution in [0.4, 0.5) is 0 Å². The minimum Gasteiger partial charge on any atom is -0.376 e. The second kappa shape index (κ2) is 6.02. The van der Waals surface area contributed by atoms with E-state index in [1.165, 1.54) is 0 Å². The Balaban J connectivity index is 4.24. The third-order valence-corrected chi connectivity index (χ3v) is 2.62. The van der Waals surface area contributed by atoms with Crippen LogP contribution in [0.1, 0.15) is 48.0 Å². The SMILES string of the molecule is CN(C)CCOC(CC(C)(C)C)C(C)(C)C. The highest BCUT2D eigenvalue weighted by Gasteiger charge is 2.29. The molecule has 0 aromatic rings. The van der Waals surface area contributed by atoms with Crippen LogP contribution in [0, 0.1) is 10.8 Å². The highest BCUT2D eigenvalue weighted by atomic mass is 16.5. The van der Waals surface area contributed by atoms with Gasteiger partial charge in [-0.25, -0.2) is 0 Å². The quantitative estimate of drug-likeness (QED) is 0.716. The van der Waals surface area contributed by atoms with Crippen LogP contribution >= 0.6 is 0 Å². The number of ether oxygens (including phenoxy) is 1. The number of likely N-dealkylation sites (N-methyl/N-ethyl adjacent to an activating group) is 1. The van der Waals surface area contributed by atoms with E-state index in [4.69, 9.17) is 4.74 Å². The van der Waals surface area contributed by atoms with Gasteiger partial charge in [0.15, 0.2) is 0 Å². The van der Waals surface area contributed by atoms with E-state index in [1.807, 2.05) is 0 Å². The first kappa shape index (κ1) is 15.9. The van der Waals surface area contributed by atoms with Gasteiger partial charge in [-0.05, 0) is 31.3 Å². The maximum atomic E-state index is 6.05. The fourth-order valence-corrected chi connectivity index (χ4v) is 1.55. The van der Waals surface area contributed by atoms with E-state index < -0.39 is 0 Å². The molecule has 0 saturated heterocycles. The zero-order chi connectivity index (χ0) is 13.0. The fraction of sp³-hybridized carbons (Fsp3) is 1.00. The summed E-state index contributed by atoms with van der Waals surface area (Å²) in [7, 11) is 4.17. The standard InChI is InChI=1S/C14H31NO/c1-13(2,3)11-12(14(4,5)6)16-10-9-15(7)8/h12H,9-11H2,1-8H3. The van der Waals surface area contributed by atoms with Crippen molar-refractivity contribution in [2.75, 3.05) is 27.2 Å². The molecule has 1 unspecified atom stereocenters. The molecular weight excluding hydrogens is 198 g/mol. The maximum Gasteiger partial charge on any atom is 0.0629 e. The summed E-state index contributed by atoms with van der Waals surface area (Å²) < 4.78 is 6.05. The van der Waals surface area contributed by atoms with Gasteiger partial charge in [0.1, 0.15) is 0 Å². The van der Waals surface area contributed by atoms with Crippen molar-refractivity contribution in [1.82, 2.24) is 4.90 Å². The highest BCUT2D eigenvalue weighted by molar-refractivity contribution is 4.79. The lowest BCUT2D eigenvalue weighted by Gasteiger charge is -2.35. The van der Waals surface area contributed by atoms with Crippen LogP contribution in [0.25, 0.3) is 0 Å². The van der Waals surface area contributed by atoms with Gasteiger partial charge in [0.05, 0.1) is 12.7 Å². The molecule has 1 atom stereocenters. The van der Waals surface area contributed by atoms with Crippen LogP contribution in [-0.2, 0) is 4.74 Å². The summed E-state index contributed by atoms with van der Waals surface area (Å²) in [5.74, 6) is 0. The Morgan fingerprint density at radius 1 is 1.00 bits per heavy atom. The van der Waals surface area contributed by atoms with E-state index in [0.29, 0.717) is 11.5 Å². The summed E-state index contributed by atoms with van der Waals surface area (Å²) in [4.78, 5) is 2.16. The van der Waals surface area contributed by atoms with Gasteiger partial charge in [-0.2, -0.15) is 0 Å². The number of rotatable bonds is 5. The average molecular weight is 229 g/mol. The summed E-state index contributed by atoms with van der Waals surface area (Å²) in [6, 6.07) is 0. The molecule has 2 heteroatoms. The summed E-state index contributed by atoms with van der Waals surface area (Å²) >= 11 is 0. The Labute approximate surface area is 102 Å². The van der Waals surface area contributed by atoms with E-state index in [2.05, 4.69) is 60.5 Å². The fourth-order valence-electron chi connectivity index (χ4n) is 1.55. The first-order valence-corrected chi connectivity index (χ1v) is 6.29. The second-order valence-electron chi connectivity index (χ2n) is 7.29. The Hall–Kier alpha value is -0.0800. The molecule has 16 heavy (non-hydrogen) atoms. The van der Waals surface area contributed by atoms with Gasteiger partial charge >= 0.3 is 0 Å². The van der Waals surface area contributed by atoms with Gasteiger partial charge in [0.2, 0.25) is 0 Å². The lowest BCUT2D eigenvalue weighted by Crippen LogP contribution is -2.35. The number of hydrogen-bond donors (Lipinski definition) is 0. The molecule has 0 aliphatic rings. The Morgan fingerprint density at radius 3 is 1.81 bits per heavy atom. The lowest BCUT2D eigenvalue weighted by atomic mass is 9.78. The van der Waals surface area contributed by atoms with Gasteiger partial charge in [0, 0.05) is 6.54 Å². The summed E-state index contributed by atoms with van der Waals surface area (Å²) in [6.45, 7) is 15.4. The molecule has 0 rings (SSSR count). The third-order valence-electron chi connectivity index (χ3n) is 2.62. The van der Waals surface area contributed by atoms with Crippen LogP contribution in [0.15, 0.2) is 0 Å². The van der Waals surface area contributed by atoms with Crippen molar-refractivity contribution in [2.45, 2.75) is 54.1 Å². The highest BCUT2D eigenvalue weighted by Crippen LogP contribution is 2.32. The van der Waals surface area contributed by atoms with E-state index in [9.17, 15) is 0 Å². The predicted octanol–water partition coefficient (Wildman–Crippen LogP) is 3.42. The minimum atomic E-state index is 0.222. The summed E-state index contributed by atoms with van der Waals surface area (Å²) in [5, 5.41) is 0. The minimum absolute atomic E-state index is 0.222. The van der Waals surface area contributed by atoms with Crippen molar-refractivity contribution >= 4 is 0 Å². The normalized spacial score (nSPS) is 15.6. The van der Waals surface area contributed by atoms with Crippen LogP contribution < -0.4 is 0 Å². The lowest BCUT2D eigenvalue weighted by molar-refractivity contribution is -0.0439. The molecule has 0 radical (unpaired) electrons. The first-order chi connectivity index (χ1) is 7.02. The number of nitrogens with zero attached hydrogens (tertiary/aromatic N) is 1. The molecule has 0 spiro atoms. The molecule has 0 heterocycles. The van der Waals surface area contributed by atoms with E-state index in [0.717, 1.165) is 19.6 Å². The Kier molecular flexibility index (Phi) is 5.99. The molecule has 0 aliphatic heterocycles. The Morgan fingerprint density at radius 2 is 1.50 bits per heavy atom. The van der Waals surface area contributed by atoms with Crippen molar-refractivity contribution in [3.63, 3.8) is 0 Å². The first-order valence-electron chi connectivity index (χ1n) is 6.29. The molecule has 0 aromatic heterocycles. The van der Waals surface area contributed by atoms with Gasteiger partial charge in [-0.3, -0.25) is 0 Å². The van der Waals surface area contributed by atoms with Gasteiger partial charge in [-0.15, -0.1) is 0 Å². The molecule has 98 valence electrons. The van der Waals surface area contributed by atoms with Crippen LogP contribution in [0.2, 0.25) is 0 Å². The van der Waals surface area contributed by atoms with Crippen LogP contribution in [0.5, 0.6) is 0 Å². The molecule has 0 N–H and O–H groups in total. The Bertz CT molecular complexity index is 186.